The second-order valence-electron chi connectivity index (χ2n) is 5.37. The van der Waals surface area contributed by atoms with Gasteiger partial charge in [0.15, 0.2) is 0 Å². The topological polar surface area (TPSA) is 33.1 Å². The van der Waals surface area contributed by atoms with Gasteiger partial charge < -0.3 is 5.32 Å². The van der Waals surface area contributed by atoms with Crippen LogP contribution < -0.4 is 5.32 Å². The largest absolute Gasteiger partial charge is 0.311 e. The molecule has 0 radical (unpaired) electrons. The van der Waals surface area contributed by atoms with Crippen LogP contribution >= 0.6 is 0 Å². The Morgan fingerprint density at radius 1 is 1.44 bits per heavy atom. The van der Waals surface area contributed by atoms with Crippen LogP contribution in [0.2, 0.25) is 0 Å². The molecule has 2 unspecified atom stereocenters. The molecule has 1 aromatic rings. The van der Waals surface area contributed by atoms with Crippen LogP contribution in [-0.2, 0) is 13.6 Å². The second kappa shape index (κ2) is 6.34. The molecular weight excluding hydrogens is 224 g/mol. The molecule has 4 heteroatoms. The first kappa shape index (κ1) is 13.6. The average molecular weight is 250 g/mol. The van der Waals surface area contributed by atoms with Crippen molar-refractivity contribution in [1.82, 2.24) is 20.0 Å². The van der Waals surface area contributed by atoms with E-state index in [2.05, 4.69) is 35.2 Å². The monoisotopic (exact) mass is 250 g/mol. The average Bonchev–Trinajstić information content (AvgIpc) is 2.76. The number of aryl methyl sites for hydroxylation is 1. The molecule has 18 heavy (non-hydrogen) atoms. The number of hydrogen-bond acceptors (Lipinski definition) is 3. The van der Waals surface area contributed by atoms with Gasteiger partial charge in [0.05, 0.1) is 5.69 Å². The maximum Gasteiger partial charge on any atom is 0.0764 e. The quantitative estimate of drug-likeness (QED) is 0.864. The van der Waals surface area contributed by atoms with Gasteiger partial charge in [-0.2, -0.15) is 5.10 Å². The normalized spacial score (nSPS) is 25.5. The summed E-state index contributed by atoms with van der Waals surface area (Å²) in [6.07, 6.45) is 5.77. The highest BCUT2D eigenvalue weighted by Gasteiger charge is 2.26. The van der Waals surface area contributed by atoms with Gasteiger partial charge in [0, 0.05) is 45.0 Å². The highest BCUT2D eigenvalue weighted by atomic mass is 15.3. The molecule has 2 atom stereocenters. The number of nitrogens with one attached hydrogen (secondary N) is 1. The number of piperazine rings is 1. The van der Waals surface area contributed by atoms with Gasteiger partial charge in [0.25, 0.3) is 0 Å². The van der Waals surface area contributed by atoms with Gasteiger partial charge in [-0.25, -0.2) is 0 Å². The SMILES string of the molecule is CCCC1CN(Cc2ccn(C)n2)C(CC)CN1. The lowest BCUT2D eigenvalue weighted by atomic mass is 10.0. The Morgan fingerprint density at radius 3 is 2.89 bits per heavy atom. The summed E-state index contributed by atoms with van der Waals surface area (Å²) in [6.45, 7) is 7.80. The van der Waals surface area contributed by atoms with Crippen molar-refractivity contribution < 1.29 is 0 Å². The number of aromatic nitrogens is 2. The third kappa shape index (κ3) is 3.33. The Labute approximate surface area is 110 Å². The van der Waals surface area contributed by atoms with Gasteiger partial charge in [-0.15, -0.1) is 0 Å². The second-order valence-corrected chi connectivity index (χ2v) is 5.37. The molecule has 0 aromatic carbocycles. The number of rotatable bonds is 5. The first-order chi connectivity index (χ1) is 8.72. The highest BCUT2D eigenvalue weighted by Crippen LogP contribution is 2.15. The zero-order valence-electron chi connectivity index (χ0n) is 11.9. The summed E-state index contributed by atoms with van der Waals surface area (Å²) >= 11 is 0. The molecule has 0 amide bonds. The molecular formula is C14H26N4. The minimum Gasteiger partial charge on any atom is -0.311 e. The van der Waals surface area contributed by atoms with Crippen molar-refractivity contribution in [3.8, 4) is 0 Å². The fraction of sp³-hybridized carbons (Fsp3) is 0.786. The fourth-order valence-electron chi connectivity index (χ4n) is 2.82. The van der Waals surface area contributed by atoms with Crippen molar-refractivity contribution in [1.29, 1.82) is 0 Å². The smallest absolute Gasteiger partial charge is 0.0764 e. The van der Waals surface area contributed by atoms with E-state index in [9.17, 15) is 0 Å². The minimum absolute atomic E-state index is 0.653. The predicted octanol–water partition coefficient (Wildman–Crippen LogP) is 1.77. The Morgan fingerprint density at radius 2 is 2.28 bits per heavy atom. The molecule has 102 valence electrons. The van der Waals surface area contributed by atoms with Crippen molar-refractivity contribution in [3.63, 3.8) is 0 Å². The zero-order chi connectivity index (χ0) is 13.0. The summed E-state index contributed by atoms with van der Waals surface area (Å²) in [5.41, 5.74) is 1.19. The lowest BCUT2D eigenvalue weighted by Crippen LogP contribution is -2.55. The van der Waals surface area contributed by atoms with Crippen LogP contribution in [0.15, 0.2) is 12.3 Å². The fourth-order valence-corrected chi connectivity index (χ4v) is 2.82. The molecule has 2 heterocycles. The van der Waals surface area contributed by atoms with Crippen LogP contribution in [0.3, 0.4) is 0 Å². The maximum absolute atomic E-state index is 4.50. The first-order valence-corrected chi connectivity index (χ1v) is 7.18. The number of nitrogens with zero attached hydrogens (tertiary/aromatic N) is 3. The third-order valence-corrected chi connectivity index (χ3v) is 3.86. The van der Waals surface area contributed by atoms with Crippen LogP contribution in [0.4, 0.5) is 0 Å². The highest BCUT2D eigenvalue weighted by molar-refractivity contribution is 5.00. The summed E-state index contributed by atoms with van der Waals surface area (Å²) in [5, 5.41) is 8.17. The van der Waals surface area contributed by atoms with E-state index < -0.39 is 0 Å². The molecule has 0 aliphatic carbocycles. The first-order valence-electron chi connectivity index (χ1n) is 7.18. The molecule has 1 fully saturated rings. The Hall–Kier alpha value is -0.870. The van der Waals surface area contributed by atoms with Crippen LogP contribution in [0.25, 0.3) is 0 Å². The molecule has 0 saturated carbocycles. The summed E-state index contributed by atoms with van der Waals surface area (Å²) < 4.78 is 1.89. The molecule has 1 saturated heterocycles. The van der Waals surface area contributed by atoms with E-state index in [4.69, 9.17) is 0 Å². The van der Waals surface area contributed by atoms with E-state index in [1.807, 2.05) is 17.9 Å². The van der Waals surface area contributed by atoms with Crippen molar-refractivity contribution in [2.75, 3.05) is 13.1 Å². The standard InChI is InChI=1S/C14H26N4/c1-4-6-12-10-18(14(5-2)9-15-12)11-13-7-8-17(3)16-13/h7-8,12,14-15H,4-6,9-11H2,1-3H3. The van der Waals surface area contributed by atoms with Gasteiger partial charge in [0.1, 0.15) is 0 Å². The van der Waals surface area contributed by atoms with Crippen molar-refractivity contribution in [2.45, 2.75) is 51.7 Å². The summed E-state index contributed by atoms with van der Waals surface area (Å²) in [6, 6.07) is 3.44. The van der Waals surface area contributed by atoms with Gasteiger partial charge >= 0.3 is 0 Å². The van der Waals surface area contributed by atoms with Crippen LogP contribution in [0.5, 0.6) is 0 Å². The zero-order valence-corrected chi connectivity index (χ0v) is 11.9. The van der Waals surface area contributed by atoms with E-state index in [1.54, 1.807) is 0 Å². The summed E-state index contributed by atoms with van der Waals surface area (Å²) in [4.78, 5) is 2.60. The van der Waals surface area contributed by atoms with E-state index >= 15 is 0 Å². The Bertz CT molecular complexity index is 360. The van der Waals surface area contributed by atoms with E-state index in [-0.39, 0.29) is 0 Å². The molecule has 1 aliphatic rings. The van der Waals surface area contributed by atoms with Gasteiger partial charge in [-0.3, -0.25) is 9.58 Å². The van der Waals surface area contributed by atoms with Crippen molar-refractivity contribution >= 4 is 0 Å². The Balaban J connectivity index is 1.97. The van der Waals surface area contributed by atoms with Crippen LogP contribution in [-0.4, -0.2) is 39.9 Å². The van der Waals surface area contributed by atoms with Gasteiger partial charge in [-0.1, -0.05) is 20.3 Å². The van der Waals surface area contributed by atoms with E-state index in [0.717, 1.165) is 19.6 Å². The number of hydrogen-bond donors (Lipinski definition) is 1. The molecule has 1 N–H and O–H groups in total. The van der Waals surface area contributed by atoms with Crippen molar-refractivity contribution in [2.24, 2.45) is 7.05 Å². The third-order valence-electron chi connectivity index (χ3n) is 3.86. The molecule has 4 nitrogen and oxygen atoms in total. The van der Waals surface area contributed by atoms with E-state index in [1.165, 1.54) is 25.0 Å². The maximum atomic E-state index is 4.50. The molecule has 1 aromatic heterocycles. The van der Waals surface area contributed by atoms with Gasteiger partial charge in [-0.05, 0) is 18.9 Å². The summed E-state index contributed by atoms with van der Waals surface area (Å²) in [7, 11) is 1.98. The Kier molecular flexibility index (Phi) is 4.78. The van der Waals surface area contributed by atoms with E-state index in [0.29, 0.717) is 12.1 Å². The lowest BCUT2D eigenvalue weighted by Gasteiger charge is -2.39. The van der Waals surface area contributed by atoms with Gasteiger partial charge in [0.2, 0.25) is 0 Å². The van der Waals surface area contributed by atoms with Crippen molar-refractivity contribution in [3.05, 3.63) is 18.0 Å². The molecule has 1 aliphatic heterocycles. The molecule has 0 bridgehead atoms. The van der Waals surface area contributed by atoms with Crippen LogP contribution in [0, 0.1) is 0 Å². The van der Waals surface area contributed by atoms with Crippen LogP contribution in [0.1, 0.15) is 38.8 Å². The minimum atomic E-state index is 0.653. The molecule has 0 spiro atoms. The molecule has 2 rings (SSSR count). The predicted molar refractivity (Wildman–Crippen MR) is 74.4 cm³/mol. The summed E-state index contributed by atoms with van der Waals surface area (Å²) in [5.74, 6) is 0. The lowest BCUT2D eigenvalue weighted by molar-refractivity contribution is 0.114.